The molecule has 2 aromatic carbocycles. The second kappa shape index (κ2) is 5.58. The first kappa shape index (κ1) is 13.7. The monoisotopic (exact) mass is 349 g/mol. The van der Waals surface area contributed by atoms with Gasteiger partial charge in [-0.1, -0.05) is 28.1 Å². The highest BCUT2D eigenvalue weighted by Gasteiger charge is 2.10. The fourth-order valence-corrected chi connectivity index (χ4v) is 3.04. The largest absolute Gasteiger partial charge is 0.340 e. The van der Waals surface area contributed by atoms with Crippen molar-refractivity contribution < 1.29 is 0 Å². The third kappa shape index (κ3) is 2.25. The van der Waals surface area contributed by atoms with Crippen LogP contribution >= 0.6 is 27.5 Å². The lowest BCUT2D eigenvalue weighted by Gasteiger charge is -2.14. The highest BCUT2D eigenvalue weighted by molar-refractivity contribution is 9.10. The van der Waals surface area contributed by atoms with Crippen LogP contribution < -0.4 is 5.43 Å². The number of aryl methyl sites for hydroxylation is 1. The van der Waals surface area contributed by atoms with E-state index in [4.69, 9.17) is 11.6 Å². The SMILES string of the molecule is O=c1c2ccccc2n(CCCCl)c2ccc(Br)cc12. The molecule has 3 aromatic rings. The Morgan fingerprint density at radius 1 is 1.05 bits per heavy atom. The summed E-state index contributed by atoms with van der Waals surface area (Å²) in [5.74, 6) is 0.610. The van der Waals surface area contributed by atoms with Crippen LogP contribution in [0.25, 0.3) is 21.8 Å². The van der Waals surface area contributed by atoms with Gasteiger partial charge in [-0.05, 0) is 36.8 Å². The van der Waals surface area contributed by atoms with Crippen LogP contribution in [-0.4, -0.2) is 10.4 Å². The Morgan fingerprint density at radius 2 is 1.80 bits per heavy atom. The third-order valence-electron chi connectivity index (χ3n) is 3.45. The van der Waals surface area contributed by atoms with Gasteiger partial charge in [0.1, 0.15) is 0 Å². The molecular formula is C16H13BrClNO. The van der Waals surface area contributed by atoms with Crippen LogP contribution in [0.3, 0.4) is 0 Å². The summed E-state index contributed by atoms with van der Waals surface area (Å²) < 4.78 is 3.10. The molecule has 0 bridgehead atoms. The number of benzene rings is 2. The molecule has 0 aliphatic rings. The van der Waals surface area contributed by atoms with Gasteiger partial charge in [0.05, 0.1) is 11.0 Å². The minimum Gasteiger partial charge on any atom is -0.340 e. The highest BCUT2D eigenvalue weighted by Crippen LogP contribution is 2.22. The van der Waals surface area contributed by atoms with E-state index in [9.17, 15) is 4.79 Å². The molecule has 1 heterocycles. The van der Waals surface area contributed by atoms with Crippen LogP contribution in [0.1, 0.15) is 6.42 Å². The Bertz CT molecular complexity index is 841. The van der Waals surface area contributed by atoms with Crippen molar-refractivity contribution in [2.24, 2.45) is 0 Å². The fourth-order valence-electron chi connectivity index (χ4n) is 2.56. The van der Waals surface area contributed by atoms with E-state index < -0.39 is 0 Å². The van der Waals surface area contributed by atoms with E-state index in [0.717, 1.165) is 39.2 Å². The fraction of sp³-hybridized carbons (Fsp3) is 0.188. The first-order valence-electron chi connectivity index (χ1n) is 6.49. The summed E-state index contributed by atoms with van der Waals surface area (Å²) in [4.78, 5) is 12.6. The van der Waals surface area contributed by atoms with Gasteiger partial charge in [-0.25, -0.2) is 0 Å². The zero-order valence-corrected chi connectivity index (χ0v) is 13.1. The number of para-hydroxylation sites is 1. The van der Waals surface area contributed by atoms with Gasteiger partial charge >= 0.3 is 0 Å². The second-order valence-corrected chi connectivity index (χ2v) is 6.00. The third-order valence-corrected chi connectivity index (χ3v) is 4.21. The van der Waals surface area contributed by atoms with E-state index in [1.54, 1.807) is 0 Å². The van der Waals surface area contributed by atoms with E-state index in [2.05, 4.69) is 20.5 Å². The van der Waals surface area contributed by atoms with Gasteiger partial charge in [-0.15, -0.1) is 11.6 Å². The Hall–Kier alpha value is -1.32. The lowest BCUT2D eigenvalue weighted by molar-refractivity contribution is 0.724. The minimum absolute atomic E-state index is 0.0824. The van der Waals surface area contributed by atoms with E-state index >= 15 is 0 Å². The van der Waals surface area contributed by atoms with Crippen LogP contribution in [0.2, 0.25) is 0 Å². The number of halogens is 2. The average molecular weight is 351 g/mol. The van der Waals surface area contributed by atoms with Crippen LogP contribution in [0.4, 0.5) is 0 Å². The maximum Gasteiger partial charge on any atom is 0.197 e. The summed E-state index contributed by atoms with van der Waals surface area (Å²) in [7, 11) is 0. The van der Waals surface area contributed by atoms with E-state index in [-0.39, 0.29) is 5.43 Å². The Balaban J connectivity index is 2.46. The van der Waals surface area contributed by atoms with Gasteiger partial charge < -0.3 is 4.57 Å². The lowest BCUT2D eigenvalue weighted by atomic mass is 10.1. The summed E-state index contributed by atoms with van der Waals surface area (Å²) in [6, 6.07) is 13.6. The van der Waals surface area contributed by atoms with Crippen molar-refractivity contribution in [3.63, 3.8) is 0 Å². The number of rotatable bonds is 3. The standard InChI is InChI=1S/C16H13BrClNO/c17-11-6-7-15-13(10-11)16(20)12-4-1-2-5-14(12)19(15)9-3-8-18/h1-2,4-7,10H,3,8-9H2. The van der Waals surface area contributed by atoms with E-state index in [1.807, 2.05) is 42.5 Å². The zero-order valence-electron chi connectivity index (χ0n) is 10.8. The summed E-state index contributed by atoms with van der Waals surface area (Å²) in [5.41, 5.74) is 2.01. The van der Waals surface area contributed by atoms with Crippen LogP contribution in [-0.2, 0) is 6.54 Å². The van der Waals surface area contributed by atoms with Gasteiger partial charge in [0.15, 0.2) is 5.43 Å². The van der Waals surface area contributed by atoms with Crippen molar-refractivity contribution in [1.82, 2.24) is 4.57 Å². The number of hydrogen-bond donors (Lipinski definition) is 0. The maximum absolute atomic E-state index is 12.6. The molecule has 0 aliphatic heterocycles. The molecule has 102 valence electrons. The van der Waals surface area contributed by atoms with Crippen LogP contribution in [0.15, 0.2) is 51.7 Å². The predicted molar refractivity (Wildman–Crippen MR) is 88.8 cm³/mol. The number of pyridine rings is 1. The average Bonchev–Trinajstić information content (AvgIpc) is 2.48. The topological polar surface area (TPSA) is 22.0 Å². The number of aromatic nitrogens is 1. The van der Waals surface area contributed by atoms with Gasteiger partial charge in [-0.3, -0.25) is 4.79 Å². The molecule has 2 nitrogen and oxygen atoms in total. The van der Waals surface area contributed by atoms with Crippen molar-refractivity contribution in [2.75, 3.05) is 5.88 Å². The molecule has 4 heteroatoms. The van der Waals surface area contributed by atoms with Crippen molar-refractivity contribution in [3.05, 3.63) is 57.2 Å². The van der Waals surface area contributed by atoms with Gasteiger partial charge in [0.25, 0.3) is 0 Å². The predicted octanol–water partition coefficient (Wildman–Crippen LogP) is 4.55. The quantitative estimate of drug-likeness (QED) is 0.502. The Labute approximate surface area is 130 Å². The molecule has 20 heavy (non-hydrogen) atoms. The smallest absolute Gasteiger partial charge is 0.197 e. The summed E-state index contributed by atoms with van der Waals surface area (Å²) >= 11 is 9.27. The van der Waals surface area contributed by atoms with Crippen molar-refractivity contribution in [3.8, 4) is 0 Å². The molecule has 3 rings (SSSR count). The molecule has 0 atom stereocenters. The molecule has 0 radical (unpaired) electrons. The number of alkyl halides is 1. The van der Waals surface area contributed by atoms with E-state index in [0.29, 0.717) is 5.88 Å². The number of fused-ring (bicyclic) bond motifs is 2. The minimum atomic E-state index is 0.0824. The summed E-state index contributed by atoms with van der Waals surface area (Å²) in [6.07, 6.45) is 0.875. The lowest BCUT2D eigenvalue weighted by Crippen LogP contribution is -2.12. The van der Waals surface area contributed by atoms with Gasteiger partial charge in [-0.2, -0.15) is 0 Å². The molecular weight excluding hydrogens is 338 g/mol. The molecule has 1 aromatic heterocycles. The van der Waals surface area contributed by atoms with Crippen LogP contribution in [0, 0.1) is 0 Å². The normalized spacial score (nSPS) is 11.3. The molecule has 0 N–H and O–H groups in total. The first-order valence-corrected chi connectivity index (χ1v) is 7.82. The Morgan fingerprint density at radius 3 is 2.60 bits per heavy atom. The maximum atomic E-state index is 12.6. The van der Waals surface area contributed by atoms with Crippen molar-refractivity contribution in [2.45, 2.75) is 13.0 Å². The molecule has 0 aliphatic carbocycles. The van der Waals surface area contributed by atoms with Gasteiger partial charge in [0, 0.05) is 27.7 Å². The van der Waals surface area contributed by atoms with E-state index in [1.165, 1.54) is 0 Å². The van der Waals surface area contributed by atoms with Crippen molar-refractivity contribution >= 4 is 49.3 Å². The Kier molecular flexibility index (Phi) is 3.81. The molecule has 0 amide bonds. The molecule has 0 saturated heterocycles. The zero-order chi connectivity index (χ0) is 14.1. The first-order chi connectivity index (χ1) is 9.72. The van der Waals surface area contributed by atoms with Crippen LogP contribution in [0.5, 0.6) is 0 Å². The summed E-state index contributed by atoms with van der Waals surface area (Å²) in [5, 5.41) is 1.50. The molecule has 0 saturated carbocycles. The molecule has 0 fully saturated rings. The molecule has 0 spiro atoms. The summed E-state index contributed by atoms with van der Waals surface area (Å²) in [6.45, 7) is 0.808. The molecule has 0 unspecified atom stereocenters. The number of nitrogens with zero attached hydrogens (tertiary/aromatic N) is 1. The van der Waals surface area contributed by atoms with Crippen molar-refractivity contribution in [1.29, 1.82) is 0 Å². The second-order valence-electron chi connectivity index (χ2n) is 4.70. The number of hydrogen-bond acceptors (Lipinski definition) is 1. The highest BCUT2D eigenvalue weighted by atomic mass is 79.9. The van der Waals surface area contributed by atoms with Gasteiger partial charge in [0.2, 0.25) is 0 Å².